The van der Waals surface area contributed by atoms with Gasteiger partial charge in [0.15, 0.2) is 0 Å². The van der Waals surface area contributed by atoms with Crippen molar-refractivity contribution < 1.29 is 0 Å². The van der Waals surface area contributed by atoms with E-state index in [0.717, 1.165) is 25.2 Å². The van der Waals surface area contributed by atoms with E-state index in [9.17, 15) is 0 Å². The summed E-state index contributed by atoms with van der Waals surface area (Å²) < 4.78 is 1.96. The highest BCUT2D eigenvalue weighted by molar-refractivity contribution is 5.29. The van der Waals surface area contributed by atoms with Crippen LogP contribution in [0.15, 0.2) is 30.7 Å². The number of aryl methyl sites for hydroxylation is 2. The number of pyridine rings is 1. The number of rotatable bonds is 6. The van der Waals surface area contributed by atoms with Crippen molar-refractivity contribution in [2.45, 2.75) is 39.8 Å². The number of hydrogen-bond acceptors (Lipinski definition) is 3. The minimum absolute atomic E-state index is 0.196. The van der Waals surface area contributed by atoms with E-state index in [-0.39, 0.29) is 6.04 Å². The lowest BCUT2D eigenvalue weighted by molar-refractivity contribution is 0.595. The van der Waals surface area contributed by atoms with Gasteiger partial charge in [-0.2, -0.15) is 5.10 Å². The summed E-state index contributed by atoms with van der Waals surface area (Å²) in [5, 5.41) is 7.96. The minimum Gasteiger partial charge on any atom is -0.306 e. The fourth-order valence-corrected chi connectivity index (χ4v) is 2.17. The topological polar surface area (TPSA) is 42.7 Å². The van der Waals surface area contributed by atoms with E-state index in [2.05, 4.69) is 47.6 Å². The highest BCUT2D eigenvalue weighted by Crippen LogP contribution is 2.21. The molecule has 1 unspecified atom stereocenters. The molecule has 0 saturated carbocycles. The van der Waals surface area contributed by atoms with E-state index < -0.39 is 0 Å². The van der Waals surface area contributed by atoms with E-state index in [0.29, 0.717) is 0 Å². The number of nitrogens with zero attached hydrogens (tertiary/aromatic N) is 3. The molecule has 1 N–H and O–H groups in total. The zero-order valence-corrected chi connectivity index (χ0v) is 11.9. The van der Waals surface area contributed by atoms with Gasteiger partial charge in [0, 0.05) is 30.2 Å². The van der Waals surface area contributed by atoms with Crippen molar-refractivity contribution in [2.24, 2.45) is 0 Å². The zero-order chi connectivity index (χ0) is 13.7. The third-order valence-electron chi connectivity index (χ3n) is 3.16. The summed E-state index contributed by atoms with van der Waals surface area (Å²) in [7, 11) is 0. The number of hydrogen-bond donors (Lipinski definition) is 1. The van der Waals surface area contributed by atoms with Crippen LogP contribution in [0.1, 0.15) is 43.1 Å². The Morgan fingerprint density at radius 2 is 2.16 bits per heavy atom. The molecule has 4 heteroatoms. The third-order valence-corrected chi connectivity index (χ3v) is 3.16. The van der Waals surface area contributed by atoms with Gasteiger partial charge in [0.25, 0.3) is 0 Å². The normalized spacial score (nSPS) is 12.6. The predicted molar refractivity (Wildman–Crippen MR) is 77.0 cm³/mol. The molecule has 2 aromatic rings. The van der Waals surface area contributed by atoms with Gasteiger partial charge >= 0.3 is 0 Å². The van der Waals surface area contributed by atoms with Gasteiger partial charge in [-0.1, -0.05) is 6.92 Å². The summed E-state index contributed by atoms with van der Waals surface area (Å²) in [6.45, 7) is 8.19. The first-order valence-electron chi connectivity index (χ1n) is 6.92. The molecule has 0 saturated heterocycles. The van der Waals surface area contributed by atoms with Crippen LogP contribution in [0.4, 0.5) is 0 Å². The number of nitrogens with one attached hydrogen (secondary N) is 1. The van der Waals surface area contributed by atoms with Crippen molar-refractivity contribution in [3.8, 4) is 0 Å². The molecule has 0 aliphatic carbocycles. The van der Waals surface area contributed by atoms with Gasteiger partial charge in [0.2, 0.25) is 0 Å². The average molecular weight is 258 g/mol. The Bertz CT molecular complexity index is 518. The van der Waals surface area contributed by atoms with Gasteiger partial charge in [0.05, 0.1) is 12.2 Å². The summed E-state index contributed by atoms with van der Waals surface area (Å²) in [5.74, 6) is 0. The first-order chi connectivity index (χ1) is 9.24. The molecule has 2 rings (SSSR count). The van der Waals surface area contributed by atoms with Crippen LogP contribution in [-0.2, 0) is 6.54 Å². The molecule has 0 fully saturated rings. The lowest BCUT2D eigenvalue weighted by Crippen LogP contribution is -2.23. The SMILES string of the molecule is CCCNC(c1ccnc(C)c1)c1cnn(CC)c1. The van der Waals surface area contributed by atoms with E-state index >= 15 is 0 Å². The van der Waals surface area contributed by atoms with E-state index in [1.165, 1.54) is 11.1 Å². The van der Waals surface area contributed by atoms with Crippen LogP contribution in [0, 0.1) is 6.92 Å². The molecule has 4 nitrogen and oxygen atoms in total. The highest BCUT2D eigenvalue weighted by Gasteiger charge is 2.15. The van der Waals surface area contributed by atoms with Gasteiger partial charge in [-0.15, -0.1) is 0 Å². The summed E-state index contributed by atoms with van der Waals surface area (Å²) in [6, 6.07) is 4.40. The Kier molecular flexibility index (Phi) is 4.68. The lowest BCUT2D eigenvalue weighted by atomic mass is 10.0. The molecule has 0 aromatic carbocycles. The van der Waals surface area contributed by atoms with Gasteiger partial charge in [-0.05, 0) is 44.5 Å². The van der Waals surface area contributed by atoms with Gasteiger partial charge in [-0.25, -0.2) is 0 Å². The van der Waals surface area contributed by atoms with Crippen LogP contribution in [0.3, 0.4) is 0 Å². The molecule has 19 heavy (non-hydrogen) atoms. The summed E-state index contributed by atoms with van der Waals surface area (Å²) in [4.78, 5) is 4.27. The molecular formula is C15H22N4. The van der Waals surface area contributed by atoms with Crippen LogP contribution in [0.25, 0.3) is 0 Å². The Labute approximate surface area is 114 Å². The van der Waals surface area contributed by atoms with Gasteiger partial charge in [-0.3, -0.25) is 9.67 Å². The number of aromatic nitrogens is 3. The molecule has 2 aromatic heterocycles. The Morgan fingerprint density at radius 1 is 1.32 bits per heavy atom. The van der Waals surface area contributed by atoms with E-state index in [1.54, 1.807) is 0 Å². The first kappa shape index (κ1) is 13.7. The maximum Gasteiger partial charge on any atom is 0.0609 e. The van der Waals surface area contributed by atoms with E-state index in [4.69, 9.17) is 0 Å². The molecule has 2 heterocycles. The van der Waals surface area contributed by atoms with Crippen LogP contribution < -0.4 is 5.32 Å². The third kappa shape index (κ3) is 3.41. The summed E-state index contributed by atoms with van der Waals surface area (Å²) >= 11 is 0. The fourth-order valence-electron chi connectivity index (χ4n) is 2.17. The second kappa shape index (κ2) is 6.48. The second-order valence-electron chi connectivity index (χ2n) is 4.75. The van der Waals surface area contributed by atoms with Crippen LogP contribution >= 0.6 is 0 Å². The molecule has 0 amide bonds. The Hall–Kier alpha value is -1.68. The van der Waals surface area contributed by atoms with Crippen LogP contribution in [-0.4, -0.2) is 21.3 Å². The standard InChI is InChI=1S/C15H22N4/c1-4-7-17-15(13-6-8-16-12(3)9-13)14-10-18-19(5-2)11-14/h6,8-11,15,17H,4-5,7H2,1-3H3. The van der Waals surface area contributed by atoms with Crippen molar-refractivity contribution in [2.75, 3.05) is 6.54 Å². The van der Waals surface area contributed by atoms with Crippen molar-refractivity contribution in [3.63, 3.8) is 0 Å². The zero-order valence-electron chi connectivity index (χ0n) is 11.9. The maximum absolute atomic E-state index is 4.37. The smallest absolute Gasteiger partial charge is 0.0609 e. The fraction of sp³-hybridized carbons (Fsp3) is 0.467. The minimum atomic E-state index is 0.196. The summed E-state index contributed by atoms with van der Waals surface area (Å²) in [6.07, 6.45) is 7.05. The lowest BCUT2D eigenvalue weighted by Gasteiger charge is -2.17. The monoisotopic (exact) mass is 258 g/mol. The second-order valence-corrected chi connectivity index (χ2v) is 4.75. The summed E-state index contributed by atoms with van der Waals surface area (Å²) in [5.41, 5.74) is 3.50. The molecule has 0 radical (unpaired) electrons. The van der Waals surface area contributed by atoms with Gasteiger partial charge < -0.3 is 5.32 Å². The molecular weight excluding hydrogens is 236 g/mol. The van der Waals surface area contributed by atoms with Crippen molar-refractivity contribution in [3.05, 3.63) is 47.5 Å². The maximum atomic E-state index is 4.37. The average Bonchev–Trinajstić information content (AvgIpc) is 2.88. The molecule has 0 spiro atoms. The largest absolute Gasteiger partial charge is 0.306 e. The van der Waals surface area contributed by atoms with Crippen molar-refractivity contribution in [1.29, 1.82) is 0 Å². The van der Waals surface area contributed by atoms with Crippen LogP contribution in [0.5, 0.6) is 0 Å². The van der Waals surface area contributed by atoms with Crippen molar-refractivity contribution in [1.82, 2.24) is 20.1 Å². The van der Waals surface area contributed by atoms with E-state index in [1.807, 2.05) is 24.0 Å². The molecule has 102 valence electrons. The first-order valence-corrected chi connectivity index (χ1v) is 6.92. The molecule has 0 aliphatic heterocycles. The molecule has 0 aliphatic rings. The quantitative estimate of drug-likeness (QED) is 0.866. The van der Waals surface area contributed by atoms with Crippen LogP contribution in [0.2, 0.25) is 0 Å². The Balaban J connectivity index is 2.29. The van der Waals surface area contributed by atoms with Gasteiger partial charge in [0.1, 0.15) is 0 Å². The Morgan fingerprint density at radius 3 is 2.79 bits per heavy atom. The molecule has 1 atom stereocenters. The molecule has 0 bridgehead atoms. The highest BCUT2D eigenvalue weighted by atomic mass is 15.3. The van der Waals surface area contributed by atoms with Crippen molar-refractivity contribution >= 4 is 0 Å². The predicted octanol–water partition coefficient (Wildman–Crippen LogP) is 2.70.